The van der Waals surface area contributed by atoms with Gasteiger partial charge in [-0.25, -0.2) is 14.8 Å². The maximum absolute atomic E-state index is 11.2. The van der Waals surface area contributed by atoms with E-state index in [0.717, 1.165) is 14.6 Å². The minimum atomic E-state index is -0.500. The van der Waals surface area contributed by atoms with Crippen LogP contribution in [-0.2, 0) is 4.74 Å². The first kappa shape index (κ1) is 20.3. The first-order valence-corrected chi connectivity index (χ1v) is 8.56. The number of pyridine rings is 2. The Bertz CT molecular complexity index is 1060. The van der Waals surface area contributed by atoms with Gasteiger partial charge in [0, 0.05) is 24.5 Å². The summed E-state index contributed by atoms with van der Waals surface area (Å²) in [4.78, 5) is 19.0. The summed E-state index contributed by atoms with van der Waals surface area (Å²) in [6.07, 6.45) is 3.19. The second-order valence-corrected chi connectivity index (χ2v) is 6.53. The molecule has 0 saturated carbocycles. The number of nitrogens with zero attached hydrogens (tertiary/aromatic N) is 4. The summed E-state index contributed by atoms with van der Waals surface area (Å²) in [6, 6.07) is 3.33. The van der Waals surface area contributed by atoms with Crippen molar-refractivity contribution in [2.75, 3.05) is 7.11 Å². The molecule has 0 aliphatic rings. The summed E-state index contributed by atoms with van der Waals surface area (Å²) in [6.45, 7) is 0. The van der Waals surface area contributed by atoms with Crippen molar-refractivity contribution in [3.63, 3.8) is 0 Å². The molecule has 0 amide bonds. The molecule has 8 nitrogen and oxygen atoms in total. The quantitative estimate of drug-likeness (QED) is 0.227. The molecule has 0 saturated heterocycles. The number of esters is 1. The van der Waals surface area contributed by atoms with Crippen LogP contribution < -0.4 is 0 Å². The number of nitrogens with one attached hydrogen (secondary N) is 2. The van der Waals surface area contributed by atoms with Crippen LogP contribution in [0.5, 0.6) is 0 Å². The Kier molecular flexibility index (Phi) is 6.73. The number of halogens is 3. The highest BCUT2D eigenvalue weighted by Gasteiger charge is 2.14. The highest BCUT2D eigenvalue weighted by atomic mass is 127. The summed E-state index contributed by atoms with van der Waals surface area (Å²) in [7, 11) is 1.30. The topological polar surface area (TPSA) is 109 Å². The average molecular weight is 507 g/mol. The molecule has 0 aliphatic heterocycles. The second kappa shape index (κ2) is 8.60. The van der Waals surface area contributed by atoms with Gasteiger partial charge in [0.25, 0.3) is 0 Å². The van der Waals surface area contributed by atoms with Crippen LogP contribution in [0.25, 0.3) is 21.8 Å². The fraction of sp³-hybridized carbons (Fsp3) is 0.133. The molecular formula is C15H13Cl2IN6O2. The number of aromatic nitrogens is 6. The van der Waals surface area contributed by atoms with Crippen LogP contribution in [0.2, 0.25) is 10.3 Å². The molecule has 0 spiro atoms. The van der Waals surface area contributed by atoms with Crippen LogP contribution >= 0.6 is 45.8 Å². The van der Waals surface area contributed by atoms with E-state index in [1.165, 1.54) is 13.3 Å². The number of hydrogen-bond acceptors (Lipinski definition) is 6. The largest absolute Gasteiger partial charge is 0.464 e. The third kappa shape index (κ3) is 4.22. The van der Waals surface area contributed by atoms with Crippen molar-refractivity contribution in [2.24, 2.45) is 0 Å². The number of ether oxygens (including phenoxy) is 1. The molecule has 11 heteroatoms. The predicted molar refractivity (Wildman–Crippen MR) is 109 cm³/mol. The summed E-state index contributed by atoms with van der Waals surface area (Å²) in [5, 5.41) is 15.8. The van der Waals surface area contributed by atoms with Crippen molar-refractivity contribution in [2.45, 2.75) is 7.43 Å². The zero-order valence-electron chi connectivity index (χ0n) is 12.5. The number of methoxy groups -OCH3 is 1. The van der Waals surface area contributed by atoms with Gasteiger partial charge in [-0.2, -0.15) is 10.2 Å². The Morgan fingerprint density at radius 2 is 1.73 bits per heavy atom. The lowest BCUT2D eigenvalue weighted by atomic mass is 10.2. The number of H-pyrrole nitrogens is 2. The number of fused-ring (bicyclic) bond motifs is 2. The van der Waals surface area contributed by atoms with Gasteiger partial charge in [0.05, 0.1) is 28.9 Å². The Morgan fingerprint density at radius 3 is 2.42 bits per heavy atom. The smallest absolute Gasteiger partial charge is 0.359 e. The van der Waals surface area contributed by atoms with E-state index in [0.29, 0.717) is 21.2 Å². The minimum absolute atomic E-state index is 0. The lowest BCUT2D eigenvalue weighted by molar-refractivity contribution is 0.0596. The van der Waals surface area contributed by atoms with Gasteiger partial charge in [-0.15, -0.1) is 0 Å². The van der Waals surface area contributed by atoms with Crippen LogP contribution in [0.1, 0.15) is 17.9 Å². The van der Waals surface area contributed by atoms with Gasteiger partial charge >= 0.3 is 5.97 Å². The van der Waals surface area contributed by atoms with E-state index >= 15 is 0 Å². The molecule has 4 heterocycles. The standard InChI is InChI=1S/C8H6ClN3O2.C6H3ClIN3.CH4/c1-14-8(13)7-4-3-10-6(9)2-5(4)11-12-7;7-5-1-4-3(2-9-5)6(8)11-10-4;/h2-3H,1H3,(H,11,12);1-2H,(H,10,11);1H4. The van der Waals surface area contributed by atoms with Crippen LogP contribution in [0, 0.1) is 3.70 Å². The average Bonchev–Trinajstić information content (AvgIpc) is 3.18. The maximum Gasteiger partial charge on any atom is 0.359 e. The summed E-state index contributed by atoms with van der Waals surface area (Å²) < 4.78 is 5.54. The van der Waals surface area contributed by atoms with E-state index in [2.05, 4.69) is 57.7 Å². The molecular weight excluding hydrogens is 494 g/mol. The van der Waals surface area contributed by atoms with Crippen molar-refractivity contribution in [3.8, 4) is 0 Å². The summed E-state index contributed by atoms with van der Waals surface area (Å²) in [5.74, 6) is -0.500. The summed E-state index contributed by atoms with van der Waals surface area (Å²) in [5.41, 5.74) is 1.73. The third-order valence-electron chi connectivity index (χ3n) is 3.15. The zero-order chi connectivity index (χ0) is 18.0. The predicted octanol–water partition coefficient (Wildman–Crippen LogP) is 4.25. The van der Waals surface area contributed by atoms with Crippen LogP contribution in [0.15, 0.2) is 24.5 Å². The van der Waals surface area contributed by atoms with Gasteiger partial charge in [0.2, 0.25) is 0 Å². The molecule has 2 N–H and O–H groups in total. The van der Waals surface area contributed by atoms with Crippen LogP contribution in [0.4, 0.5) is 0 Å². The Labute approximate surface area is 171 Å². The molecule has 0 bridgehead atoms. The number of carbonyl (C=O) groups excluding carboxylic acids is 1. The molecule has 0 unspecified atom stereocenters. The van der Waals surface area contributed by atoms with E-state index in [-0.39, 0.29) is 13.1 Å². The van der Waals surface area contributed by atoms with Crippen molar-refractivity contribution in [3.05, 3.63) is 44.2 Å². The van der Waals surface area contributed by atoms with Crippen LogP contribution in [-0.4, -0.2) is 43.4 Å². The van der Waals surface area contributed by atoms with Gasteiger partial charge in [0.1, 0.15) is 14.0 Å². The molecule has 4 aromatic heterocycles. The molecule has 0 aliphatic carbocycles. The van der Waals surface area contributed by atoms with Gasteiger partial charge < -0.3 is 4.74 Å². The van der Waals surface area contributed by atoms with E-state index < -0.39 is 5.97 Å². The first-order valence-electron chi connectivity index (χ1n) is 6.72. The summed E-state index contributed by atoms with van der Waals surface area (Å²) >= 11 is 13.5. The highest BCUT2D eigenvalue weighted by Crippen LogP contribution is 2.19. The van der Waals surface area contributed by atoms with E-state index in [1.54, 1.807) is 18.3 Å². The zero-order valence-corrected chi connectivity index (χ0v) is 16.2. The Balaban J connectivity index is 0.000000184. The van der Waals surface area contributed by atoms with Gasteiger partial charge in [0.15, 0.2) is 5.69 Å². The molecule has 0 fully saturated rings. The molecule has 0 atom stereocenters. The normalized spacial score (nSPS) is 10.2. The third-order valence-corrected chi connectivity index (χ3v) is 4.39. The molecule has 4 rings (SSSR count). The maximum atomic E-state index is 11.2. The first-order chi connectivity index (χ1) is 12.0. The van der Waals surface area contributed by atoms with E-state index in [9.17, 15) is 4.79 Å². The number of carbonyl (C=O) groups is 1. The lowest BCUT2D eigenvalue weighted by Gasteiger charge is -1.93. The Morgan fingerprint density at radius 1 is 1.08 bits per heavy atom. The lowest BCUT2D eigenvalue weighted by Crippen LogP contribution is -2.01. The fourth-order valence-electron chi connectivity index (χ4n) is 1.99. The van der Waals surface area contributed by atoms with Gasteiger partial charge in [-0.1, -0.05) is 30.6 Å². The van der Waals surface area contributed by atoms with Crippen molar-refractivity contribution in [1.82, 2.24) is 30.4 Å². The van der Waals surface area contributed by atoms with Crippen molar-refractivity contribution in [1.29, 1.82) is 0 Å². The SMILES string of the molecule is C.COC(=O)c1n[nH]c2cc(Cl)ncc12.Clc1cc2n[nH]c(I)c2cn1. The monoisotopic (exact) mass is 506 g/mol. The number of aromatic amines is 2. The fourth-order valence-corrected chi connectivity index (χ4v) is 2.84. The Hall–Kier alpha value is -1.98. The molecule has 4 aromatic rings. The molecule has 26 heavy (non-hydrogen) atoms. The van der Waals surface area contributed by atoms with E-state index in [1.807, 2.05) is 0 Å². The highest BCUT2D eigenvalue weighted by molar-refractivity contribution is 14.1. The number of rotatable bonds is 1. The van der Waals surface area contributed by atoms with Gasteiger partial charge in [-0.3, -0.25) is 10.2 Å². The van der Waals surface area contributed by atoms with Crippen molar-refractivity contribution < 1.29 is 9.53 Å². The molecule has 136 valence electrons. The second-order valence-electron chi connectivity index (χ2n) is 4.68. The van der Waals surface area contributed by atoms with Crippen molar-refractivity contribution >= 4 is 73.6 Å². The number of hydrogen-bond donors (Lipinski definition) is 2. The minimum Gasteiger partial charge on any atom is -0.464 e. The van der Waals surface area contributed by atoms with E-state index in [4.69, 9.17) is 23.2 Å². The van der Waals surface area contributed by atoms with Crippen LogP contribution in [0.3, 0.4) is 0 Å². The van der Waals surface area contributed by atoms with Gasteiger partial charge in [-0.05, 0) is 22.6 Å². The molecule has 0 radical (unpaired) electrons. The molecule has 0 aromatic carbocycles.